The van der Waals surface area contributed by atoms with E-state index in [1.54, 1.807) is 0 Å². The van der Waals surface area contributed by atoms with E-state index in [2.05, 4.69) is 31.3 Å². The maximum absolute atomic E-state index is 8.17. The molecule has 0 atom stereocenters. The second-order valence-electron chi connectivity index (χ2n) is 2.39. The van der Waals surface area contributed by atoms with Crippen LogP contribution < -0.4 is 5.32 Å². The van der Waals surface area contributed by atoms with Crippen molar-refractivity contribution < 1.29 is 0 Å². The zero-order valence-electron chi connectivity index (χ0n) is 6.65. The van der Waals surface area contributed by atoms with Gasteiger partial charge in [-0.2, -0.15) is 5.26 Å². The van der Waals surface area contributed by atoms with Crippen LogP contribution in [0, 0.1) is 11.3 Å². The van der Waals surface area contributed by atoms with Crippen LogP contribution in [0.15, 0.2) is 11.6 Å². The summed E-state index contributed by atoms with van der Waals surface area (Å²) in [5.41, 5.74) is 1.31. The Kier molecular flexibility index (Phi) is 5.80. The Hall–Kier alpha value is -0.810. The molecule has 1 N–H and O–H groups in total. The van der Waals surface area contributed by atoms with E-state index in [9.17, 15) is 0 Å². The monoisotopic (exact) mass is 138 g/mol. The van der Waals surface area contributed by atoms with Crippen LogP contribution in [0.1, 0.15) is 20.3 Å². The van der Waals surface area contributed by atoms with Crippen molar-refractivity contribution in [2.24, 2.45) is 0 Å². The van der Waals surface area contributed by atoms with Crippen molar-refractivity contribution in [1.82, 2.24) is 5.32 Å². The Morgan fingerprint density at radius 2 is 2.30 bits per heavy atom. The molecular weight excluding hydrogens is 124 g/mol. The highest BCUT2D eigenvalue weighted by atomic mass is 14.8. The molecule has 10 heavy (non-hydrogen) atoms. The number of nitriles is 1. The van der Waals surface area contributed by atoms with Crippen molar-refractivity contribution in [3.63, 3.8) is 0 Å². The standard InChI is InChI=1S/C8H14N2/c1-8(2)4-7-10-6-3-5-9/h4,10H,3,6-7H2,1-2H3. The highest BCUT2D eigenvalue weighted by molar-refractivity contribution is 4.94. The largest absolute Gasteiger partial charge is 0.312 e. The lowest BCUT2D eigenvalue weighted by Crippen LogP contribution is -2.14. The molecule has 0 aliphatic carbocycles. The molecule has 2 nitrogen and oxygen atoms in total. The maximum atomic E-state index is 8.17. The van der Waals surface area contributed by atoms with Gasteiger partial charge in [0, 0.05) is 19.5 Å². The lowest BCUT2D eigenvalue weighted by Gasteiger charge is -1.95. The summed E-state index contributed by atoms with van der Waals surface area (Å²) in [7, 11) is 0. The van der Waals surface area contributed by atoms with Gasteiger partial charge in [-0.3, -0.25) is 0 Å². The molecule has 0 radical (unpaired) electrons. The van der Waals surface area contributed by atoms with Gasteiger partial charge in [-0.05, 0) is 13.8 Å². The average Bonchev–Trinajstić information content (AvgIpc) is 1.87. The first kappa shape index (κ1) is 9.19. The van der Waals surface area contributed by atoms with Gasteiger partial charge < -0.3 is 5.32 Å². The molecule has 0 amide bonds. The van der Waals surface area contributed by atoms with E-state index in [4.69, 9.17) is 5.26 Å². The van der Waals surface area contributed by atoms with Gasteiger partial charge in [-0.15, -0.1) is 0 Å². The summed E-state index contributed by atoms with van der Waals surface area (Å²) in [4.78, 5) is 0. The van der Waals surface area contributed by atoms with E-state index in [0.29, 0.717) is 6.42 Å². The minimum absolute atomic E-state index is 0.594. The van der Waals surface area contributed by atoms with Gasteiger partial charge in [0.2, 0.25) is 0 Å². The van der Waals surface area contributed by atoms with Crippen molar-refractivity contribution in [3.05, 3.63) is 11.6 Å². The number of rotatable bonds is 4. The molecule has 0 aromatic heterocycles. The minimum Gasteiger partial charge on any atom is -0.312 e. The first-order chi connectivity index (χ1) is 4.77. The van der Waals surface area contributed by atoms with Crippen molar-refractivity contribution in [2.75, 3.05) is 13.1 Å². The summed E-state index contributed by atoms with van der Waals surface area (Å²) in [6.45, 7) is 5.79. The van der Waals surface area contributed by atoms with E-state index < -0.39 is 0 Å². The first-order valence-electron chi connectivity index (χ1n) is 3.48. The quantitative estimate of drug-likeness (QED) is 0.471. The number of nitrogens with one attached hydrogen (secondary N) is 1. The van der Waals surface area contributed by atoms with Gasteiger partial charge in [-0.25, -0.2) is 0 Å². The molecule has 0 aliphatic heterocycles. The third-order valence-corrected chi connectivity index (χ3v) is 1.07. The Balaban J connectivity index is 3.07. The number of allylic oxidation sites excluding steroid dienone is 1. The highest BCUT2D eigenvalue weighted by Gasteiger charge is 1.81. The molecule has 0 unspecified atom stereocenters. The summed E-state index contributed by atoms with van der Waals surface area (Å²) < 4.78 is 0. The molecule has 0 heterocycles. The molecule has 0 saturated carbocycles. The van der Waals surface area contributed by atoms with Crippen LogP contribution in [0.5, 0.6) is 0 Å². The Bertz CT molecular complexity index is 138. The second kappa shape index (κ2) is 6.31. The molecule has 56 valence electrons. The van der Waals surface area contributed by atoms with Crippen molar-refractivity contribution >= 4 is 0 Å². The molecule has 0 aromatic rings. The number of hydrogen-bond acceptors (Lipinski definition) is 2. The Morgan fingerprint density at radius 1 is 1.60 bits per heavy atom. The number of nitrogens with zero attached hydrogens (tertiary/aromatic N) is 1. The van der Waals surface area contributed by atoms with Crippen LogP contribution in [0.3, 0.4) is 0 Å². The van der Waals surface area contributed by atoms with Crippen molar-refractivity contribution in [3.8, 4) is 6.07 Å². The minimum atomic E-state index is 0.594. The zero-order chi connectivity index (χ0) is 7.82. The average molecular weight is 138 g/mol. The molecule has 2 heteroatoms. The van der Waals surface area contributed by atoms with E-state index >= 15 is 0 Å². The Labute approximate surface area is 62.5 Å². The van der Waals surface area contributed by atoms with Crippen LogP contribution in [-0.4, -0.2) is 13.1 Å². The third-order valence-electron chi connectivity index (χ3n) is 1.07. The maximum Gasteiger partial charge on any atom is 0.0635 e. The van der Waals surface area contributed by atoms with Crippen LogP contribution >= 0.6 is 0 Å². The van der Waals surface area contributed by atoms with E-state index in [1.807, 2.05) is 0 Å². The predicted molar refractivity (Wildman–Crippen MR) is 42.5 cm³/mol. The molecule has 0 spiro atoms. The predicted octanol–water partition coefficient (Wildman–Crippen LogP) is 1.46. The molecule has 0 saturated heterocycles. The molecule has 0 rings (SSSR count). The summed E-state index contributed by atoms with van der Waals surface area (Å²) in [5, 5.41) is 11.3. The SMILES string of the molecule is CC(C)=CCNCCC#N. The summed E-state index contributed by atoms with van der Waals surface area (Å²) in [5.74, 6) is 0. The molecule has 0 aromatic carbocycles. The van der Waals surface area contributed by atoms with Gasteiger partial charge >= 0.3 is 0 Å². The normalized spacial score (nSPS) is 8.50. The smallest absolute Gasteiger partial charge is 0.0635 e. The zero-order valence-corrected chi connectivity index (χ0v) is 6.65. The summed E-state index contributed by atoms with van der Waals surface area (Å²) >= 11 is 0. The van der Waals surface area contributed by atoms with Gasteiger partial charge in [0.25, 0.3) is 0 Å². The van der Waals surface area contributed by atoms with Gasteiger partial charge in [-0.1, -0.05) is 11.6 Å². The fourth-order valence-electron chi connectivity index (χ4n) is 0.523. The summed E-state index contributed by atoms with van der Waals surface area (Å²) in [6.07, 6.45) is 2.70. The van der Waals surface area contributed by atoms with Gasteiger partial charge in [0.05, 0.1) is 6.07 Å². The Morgan fingerprint density at radius 3 is 2.80 bits per heavy atom. The molecular formula is C8H14N2. The van der Waals surface area contributed by atoms with Crippen molar-refractivity contribution in [1.29, 1.82) is 5.26 Å². The molecule has 0 fully saturated rings. The lowest BCUT2D eigenvalue weighted by atomic mass is 10.3. The van der Waals surface area contributed by atoms with Crippen LogP contribution in [0.2, 0.25) is 0 Å². The van der Waals surface area contributed by atoms with Gasteiger partial charge in [0.15, 0.2) is 0 Å². The fraction of sp³-hybridized carbons (Fsp3) is 0.625. The number of hydrogen-bond donors (Lipinski definition) is 1. The van der Waals surface area contributed by atoms with Crippen LogP contribution in [0.4, 0.5) is 0 Å². The lowest BCUT2D eigenvalue weighted by molar-refractivity contribution is 0.758. The van der Waals surface area contributed by atoms with Crippen molar-refractivity contribution in [2.45, 2.75) is 20.3 Å². The molecule has 0 bridgehead atoms. The third kappa shape index (κ3) is 7.19. The fourth-order valence-corrected chi connectivity index (χ4v) is 0.523. The highest BCUT2D eigenvalue weighted by Crippen LogP contribution is 1.84. The van der Waals surface area contributed by atoms with E-state index in [-0.39, 0.29) is 0 Å². The summed E-state index contributed by atoms with van der Waals surface area (Å²) in [6, 6.07) is 2.07. The second-order valence-corrected chi connectivity index (χ2v) is 2.39. The van der Waals surface area contributed by atoms with Crippen LogP contribution in [0.25, 0.3) is 0 Å². The van der Waals surface area contributed by atoms with E-state index in [0.717, 1.165) is 13.1 Å². The van der Waals surface area contributed by atoms with Gasteiger partial charge in [0.1, 0.15) is 0 Å². The topological polar surface area (TPSA) is 35.8 Å². The molecule has 0 aliphatic rings. The van der Waals surface area contributed by atoms with Crippen LogP contribution in [-0.2, 0) is 0 Å². The van der Waals surface area contributed by atoms with E-state index in [1.165, 1.54) is 5.57 Å². The first-order valence-corrected chi connectivity index (χ1v) is 3.48.